The maximum Gasteiger partial charge on any atom is 0.228 e. The number of nitrogens with one attached hydrogen (secondary N) is 1. The number of amides is 1. The van der Waals surface area contributed by atoms with Crippen molar-refractivity contribution in [3.8, 4) is 11.5 Å². The second kappa shape index (κ2) is 4.73. The highest BCUT2D eigenvalue weighted by atomic mass is 16.6. The molecule has 0 atom stereocenters. The number of hydrogen-bond donors (Lipinski definition) is 1. The zero-order chi connectivity index (χ0) is 12.3. The number of aromatic nitrogens is 4. The highest BCUT2D eigenvalue weighted by Crippen LogP contribution is 2.21. The molecule has 8 heteroatoms. The summed E-state index contributed by atoms with van der Waals surface area (Å²) in [6.07, 6.45) is 0.952. The molecule has 0 spiro atoms. The molecule has 0 aromatic carbocycles. The van der Waals surface area contributed by atoms with Crippen LogP contribution in [0.15, 0.2) is 9.15 Å². The molecular weight excluding hydrogens is 226 g/mol. The van der Waals surface area contributed by atoms with Gasteiger partial charge in [-0.2, -0.15) is 4.98 Å². The third-order valence-corrected chi connectivity index (χ3v) is 2.05. The minimum atomic E-state index is -0.193. The first-order chi connectivity index (χ1) is 8.24. The maximum atomic E-state index is 11.2. The Bertz CT molecular complexity index is 518. The summed E-state index contributed by atoms with van der Waals surface area (Å²) in [5, 5.41) is 13.5. The molecule has 0 radical (unpaired) electrons. The SMILES string of the molecule is CCC(=O)Nc1nonc1-c1noc(CC)n1. The summed E-state index contributed by atoms with van der Waals surface area (Å²) in [6, 6.07) is 0. The molecule has 2 heterocycles. The monoisotopic (exact) mass is 237 g/mol. The van der Waals surface area contributed by atoms with Crippen LogP contribution in [0.2, 0.25) is 0 Å². The molecule has 0 saturated heterocycles. The van der Waals surface area contributed by atoms with Crippen molar-refractivity contribution in [1.29, 1.82) is 0 Å². The van der Waals surface area contributed by atoms with Crippen LogP contribution in [-0.4, -0.2) is 26.4 Å². The summed E-state index contributed by atoms with van der Waals surface area (Å²) < 4.78 is 9.49. The first-order valence-corrected chi connectivity index (χ1v) is 5.20. The van der Waals surface area contributed by atoms with Crippen LogP contribution < -0.4 is 5.32 Å². The number of nitrogens with zero attached hydrogens (tertiary/aromatic N) is 4. The Morgan fingerprint density at radius 3 is 2.76 bits per heavy atom. The topological polar surface area (TPSA) is 107 Å². The molecule has 2 aromatic rings. The molecule has 8 nitrogen and oxygen atoms in total. The lowest BCUT2D eigenvalue weighted by Gasteiger charge is -1.96. The molecule has 0 aliphatic heterocycles. The van der Waals surface area contributed by atoms with Crippen molar-refractivity contribution in [3.05, 3.63) is 5.89 Å². The molecule has 0 bridgehead atoms. The Hall–Kier alpha value is -2.25. The Labute approximate surface area is 96.3 Å². The minimum absolute atomic E-state index is 0.193. The molecule has 90 valence electrons. The second-order valence-electron chi connectivity index (χ2n) is 3.23. The van der Waals surface area contributed by atoms with Crippen LogP contribution in [0.1, 0.15) is 26.2 Å². The molecule has 0 fully saturated rings. The van der Waals surface area contributed by atoms with E-state index in [9.17, 15) is 4.79 Å². The van der Waals surface area contributed by atoms with E-state index in [4.69, 9.17) is 4.52 Å². The summed E-state index contributed by atoms with van der Waals surface area (Å²) in [5.41, 5.74) is 0.259. The zero-order valence-electron chi connectivity index (χ0n) is 9.43. The Balaban J connectivity index is 2.26. The fourth-order valence-electron chi connectivity index (χ4n) is 1.13. The van der Waals surface area contributed by atoms with Crippen molar-refractivity contribution < 1.29 is 13.9 Å². The fourth-order valence-corrected chi connectivity index (χ4v) is 1.13. The average Bonchev–Trinajstić information content (AvgIpc) is 2.96. The van der Waals surface area contributed by atoms with E-state index in [1.165, 1.54) is 0 Å². The van der Waals surface area contributed by atoms with E-state index in [2.05, 4.69) is 30.4 Å². The summed E-state index contributed by atoms with van der Waals surface area (Å²) in [6.45, 7) is 3.62. The van der Waals surface area contributed by atoms with Crippen LogP contribution in [0.25, 0.3) is 11.5 Å². The predicted molar refractivity (Wildman–Crippen MR) is 55.9 cm³/mol. The quantitative estimate of drug-likeness (QED) is 0.845. The highest BCUT2D eigenvalue weighted by Gasteiger charge is 2.19. The van der Waals surface area contributed by atoms with E-state index >= 15 is 0 Å². The van der Waals surface area contributed by atoms with Gasteiger partial charge in [-0.25, -0.2) is 4.63 Å². The molecule has 0 aliphatic carbocycles. The van der Waals surface area contributed by atoms with Gasteiger partial charge in [0, 0.05) is 12.8 Å². The highest BCUT2D eigenvalue weighted by molar-refractivity contribution is 5.92. The van der Waals surface area contributed by atoms with Crippen LogP contribution in [-0.2, 0) is 11.2 Å². The third-order valence-electron chi connectivity index (χ3n) is 2.05. The van der Waals surface area contributed by atoms with Crippen molar-refractivity contribution in [2.24, 2.45) is 0 Å². The van der Waals surface area contributed by atoms with E-state index in [-0.39, 0.29) is 23.2 Å². The van der Waals surface area contributed by atoms with Gasteiger partial charge in [0.25, 0.3) is 0 Å². The van der Waals surface area contributed by atoms with Crippen LogP contribution in [0.4, 0.5) is 5.82 Å². The summed E-state index contributed by atoms with van der Waals surface area (Å²) in [7, 11) is 0. The molecule has 2 aromatic heterocycles. The zero-order valence-corrected chi connectivity index (χ0v) is 9.43. The molecule has 1 amide bonds. The molecule has 0 saturated carbocycles. The van der Waals surface area contributed by atoms with E-state index in [0.717, 1.165) is 0 Å². The minimum Gasteiger partial charge on any atom is -0.339 e. The normalized spacial score (nSPS) is 10.5. The van der Waals surface area contributed by atoms with Gasteiger partial charge in [-0.1, -0.05) is 19.0 Å². The predicted octanol–water partition coefficient (Wildman–Crippen LogP) is 1.03. The average molecular weight is 237 g/mol. The Morgan fingerprint density at radius 2 is 2.12 bits per heavy atom. The number of aryl methyl sites for hydroxylation is 1. The van der Waals surface area contributed by atoms with Gasteiger partial charge in [-0.3, -0.25) is 4.79 Å². The largest absolute Gasteiger partial charge is 0.339 e. The van der Waals surface area contributed by atoms with Gasteiger partial charge < -0.3 is 9.84 Å². The summed E-state index contributed by atoms with van der Waals surface area (Å²) >= 11 is 0. The molecule has 2 rings (SSSR count). The van der Waals surface area contributed by atoms with Crippen molar-refractivity contribution in [2.45, 2.75) is 26.7 Å². The number of rotatable bonds is 4. The third kappa shape index (κ3) is 2.30. The van der Waals surface area contributed by atoms with Crippen molar-refractivity contribution >= 4 is 11.7 Å². The lowest BCUT2D eigenvalue weighted by atomic mass is 10.4. The van der Waals surface area contributed by atoms with E-state index < -0.39 is 0 Å². The number of carbonyl (C=O) groups is 1. The van der Waals surface area contributed by atoms with E-state index in [1.807, 2.05) is 6.92 Å². The van der Waals surface area contributed by atoms with Gasteiger partial charge in [-0.05, 0) is 10.3 Å². The smallest absolute Gasteiger partial charge is 0.228 e. The number of carbonyl (C=O) groups excluding carboxylic acids is 1. The van der Waals surface area contributed by atoms with E-state index in [0.29, 0.717) is 18.7 Å². The standard InChI is InChI=1S/C9H11N5O3/c1-3-5(15)10-8-7(12-17-14-8)9-11-6(4-2)16-13-9/h3-4H2,1-2H3,(H,10,14,15). The van der Waals surface area contributed by atoms with Crippen LogP contribution in [0.5, 0.6) is 0 Å². The maximum absolute atomic E-state index is 11.2. The van der Waals surface area contributed by atoms with Gasteiger partial charge in [0.15, 0.2) is 5.69 Å². The van der Waals surface area contributed by atoms with Crippen molar-refractivity contribution in [1.82, 2.24) is 20.5 Å². The lowest BCUT2D eigenvalue weighted by molar-refractivity contribution is -0.115. The van der Waals surface area contributed by atoms with E-state index in [1.54, 1.807) is 6.92 Å². The van der Waals surface area contributed by atoms with Gasteiger partial charge in [0.05, 0.1) is 0 Å². The summed E-state index contributed by atoms with van der Waals surface area (Å²) in [4.78, 5) is 15.3. The molecule has 17 heavy (non-hydrogen) atoms. The fraction of sp³-hybridized carbons (Fsp3) is 0.444. The Kier molecular flexibility index (Phi) is 3.12. The van der Waals surface area contributed by atoms with Crippen LogP contribution >= 0.6 is 0 Å². The first kappa shape index (κ1) is 11.2. The molecular formula is C9H11N5O3. The van der Waals surface area contributed by atoms with Gasteiger partial charge in [0.1, 0.15) is 0 Å². The second-order valence-corrected chi connectivity index (χ2v) is 3.23. The number of hydrogen-bond acceptors (Lipinski definition) is 7. The van der Waals surface area contributed by atoms with Gasteiger partial charge in [0.2, 0.25) is 23.4 Å². The lowest BCUT2D eigenvalue weighted by Crippen LogP contribution is -2.10. The first-order valence-electron chi connectivity index (χ1n) is 5.20. The van der Waals surface area contributed by atoms with Crippen LogP contribution in [0, 0.1) is 0 Å². The van der Waals surface area contributed by atoms with Crippen LogP contribution in [0.3, 0.4) is 0 Å². The number of anilines is 1. The summed E-state index contributed by atoms with van der Waals surface area (Å²) in [5.74, 6) is 0.728. The molecule has 1 N–H and O–H groups in total. The van der Waals surface area contributed by atoms with Crippen molar-refractivity contribution in [2.75, 3.05) is 5.32 Å². The van der Waals surface area contributed by atoms with Gasteiger partial charge >= 0.3 is 0 Å². The van der Waals surface area contributed by atoms with Gasteiger partial charge in [-0.15, -0.1) is 0 Å². The molecule has 0 unspecified atom stereocenters. The van der Waals surface area contributed by atoms with Crippen molar-refractivity contribution in [3.63, 3.8) is 0 Å². The Morgan fingerprint density at radius 1 is 1.29 bits per heavy atom. The molecule has 0 aliphatic rings.